The summed E-state index contributed by atoms with van der Waals surface area (Å²) < 4.78 is 30.0. The van der Waals surface area contributed by atoms with Gasteiger partial charge in [-0.2, -0.15) is 8.42 Å². The van der Waals surface area contributed by atoms with Crippen LogP contribution < -0.4 is 0 Å². The number of aliphatic hydroxyl groups is 1. The molecule has 0 bridgehead atoms. The van der Waals surface area contributed by atoms with Crippen molar-refractivity contribution in [3.8, 4) is 0 Å². The Kier molecular flexibility index (Phi) is 3.01. The van der Waals surface area contributed by atoms with Crippen LogP contribution in [-0.2, 0) is 10.1 Å². The Bertz CT molecular complexity index is 300. The second kappa shape index (κ2) is 3.70. The summed E-state index contributed by atoms with van der Waals surface area (Å²) in [5.41, 5.74) is 0. The smallest absolute Gasteiger partial charge is 0.316 e. The van der Waals surface area contributed by atoms with Gasteiger partial charge in [-0.15, -0.1) is 0 Å². The normalized spacial score (nSPS) is 28.2. The van der Waals surface area contributed by atoms with Crippen molar-refractivity contribution in [3.63, 3.8) is 0 Å². The van der Waals surface area contributed by atoms with Crippen LogP contribution >= 0.6 is 0 Å². The van der Waals surface area contributed by atoms with Gasteiger partial charge in [-0.05, 0) is 0 Å². The van der Waals surface area contributed by atoms with Gasteiger partial charge >= 0.3 is 10.1 Å². The summed E-state index contributed by atoms with van der Waals surface area (Å²) in [7, 11) is -4.02. The average molecular weight is 209 g/mol. The van der Waals surface area contributed by atoms with E-state index in [2.05, 4.69) is 4.99 Å². The predicted molar refractivity (Wildman–Crippen MR) is 46.9 cm³/mol. The fraction of sp³-hybridized carbons (Fsp3) is 0.833. The van der Waals surface area contributed by atoms with E-state index in [0.29, 0.717) is 13.1 Å². The maximum absolute atomic E-state index is 10.7. The van der Waals surface area contributed by atoms with E-state index in [9.17, 15) is 8.42 Å². The van der Waals surface area contributed by atoms with Crippen molar-refractivity contribution in [2.24, 2.45) is 4.99 Å². The van der Waals surface area contributed by atoms with Gasteiger partial charge in [-0.1, -0.05) is 0 Å². The largest absolute Gasteiger partial charge is 0.390 e. The molecular weight excluding hydrogens is 196 g/mol. The first-order chi connectivity index (χ1) is 5.97. The molecule has 13 heavy (non-hydrogen) atoms. The maximum atomic E-state index is 10.7. The highest BCUT2D eigenvalue weighted by Crippen LogP contribution is 2.10. The first kappa shape index (κ1) is 10.6. The highest BCUT2D eigenvalue weighted by atomic mass is 32.2. The molecule has 76 valence electrons. The molecule has 7 heteroatoms. The zero-order valence-corrected chi connectivity index (χ0v) is 7.94. The average Bonchev–Trinajstić information content (AvgIpc) is 2.33. The van der Waals surface area contributed by atoms with Gasteiger partial charge in [0.1, 0.15) is 13.1 Å². The lowest BCUT2D eigenvalue weighted by Crippen LogP contribution is -2.50. The molecule has 0 radical (unpaired) electrons. The van der Waals surface area contributed by atoms with Crippen molar-refractivity contribution in [2.75, 3.05) is 32.1 Å². The summed E-state index contributed by atoms with van der Waals surface area (Å²) in [6.07, 6.45) is 1.48. The fourth-order valence-corrected chi connectivity index (χ4v) is 2.38. The molecule has 1 aliphatic heterocycles. The van der Waals surface area contributed by atoms with E-state index in [1.54, 1.807) is 0 Å². The summed E-state index contributed by atoms with van der Waals surface area (Å²) in [5.74, 6) is -0.406. The lowest BCUT2D eigenvalue weighted by molar-refractivity contribution is -0.816. The first-order valence-electron chi connectivity index (χ1n) is 3.90. The second-order valence-corrected chi connectivity index (χ2v) is 4.54. The molecule has 2 N–H and O–H groups in total. The number of rotatable bonds is 4. The molecule has 0 aromatic heterocycles. The van der Waals surface area contributed by atoms with Crippen LogP contribution in [0.25, 0.3) is 0 Å². The lowest BCUT2D eigenvalue weighted by Gasteiger charge is -2.27. The van der Waals surface area contributed by atoms with Crippen LogP contribution in [-0.4, -0.2) is 61.0 Å². The van der Waals surface area contributed by atoms with Gasteiger partial charge in [0, 0.05) is 0 Å². The van der Waals surface area contributed by atoms with E-state index in [1.807, 2.05) is 0 Å². The van der Waals surface area contributed by atoms with Gasteiger partial charge in [0.25, 0.3) is 0 Å². The number of aliphatic imine (C=N–C) groups is 1. The van der Waals surface area contributed by atoms with Crippen molar-refractivity contribution < 1.29 is 22.6 Å². The third-order valence-corrected chi connectivity index (χ3v) is 2.81. The van der Waals surface area contributed by atoms with Crippen LogP contribution in [0.5, 0.6) is 0 Å². The molecule has 1 aliphatic rings. The Labute approximate surface area is 76.8 Å². The number of quaternary nitrogens is 1. The SMILES string of the molecule is O=S(=O)(O)C[N+]1(CCO)C=NCC1. The van der Waals surface area contributed by atoms with Crippen molar-refractivity contribution in [3.05, 3.63) is 0 Å². The first-order valence-corrected chi connectivity index (χ1v) is 5.51. The number of nitrogens with zero attached hydrogens (tertiary/aromatic N) is 2. The lowest BCUT2D eigenvalue weighted by atomic mass is 10.4. The molecule has 1 heterocycles. The molecule has 1 atom stereocenters. The van der Waals surface area contributed by atoms with Crippen LogP contribution in [0.2, 0.25) is 0 Å². The van der Waals surface area contributed by atoms with Gasteiger partial charge in [0.15, 0.2) is 6.34 Å². The Morgan fingerprint density at radius 1 is 1.54 bits per heavy atom. The number of aliphatic hydroxyl groups excluding tert-OH is 1. The van der Waals surface area contributed by atoms with Gasteiger partial charge in [0.05, 0.1) is 13.2 Å². The summed E-state index contributed by atoms with van der Waals surface area (Å²) in [4.78, 5) is 3.90. The Morgan fingerprint density at radius 2 is 2.23 bits per heavy atom. The molecule has 1 unspecified atom stereocenters. The molecule has 0 saturated carbocycles. The molecule has 0 spiro atoms. The summed E-state index contributed by atoms with van der Waals surface area (Å²) in [5, 5.41) is 8.73. The fourth-order valence-electron chi connectivity index (χ4n) is 1.40. The summed E-state index contributed by atoms with van der Waals surface area (Å²) >= 11 is 0. The highest BCUT2D eigenvalue weighted by Gasteiger charge is 2.33. The van der Waals surface area contributed by atoms with E-state index in [0.717, 1.165) is 0 Å². The third kappa shape index (κ3) is 3.03. The molecule has 0 aromatic rings. The molecule has 0 aliphatic carbocycles. The van der Waals surface area contributed by atoms with Crippen LogP contribution in [0.15, 0.2) is 4.99 Å². The molecule has 0 aromatic carbocycles. The predicted octanol–water partition coefficient (Wildman–Crippen LogP) is -1.32. The number of hydrogen-bond donors (Lipinski definition) is 2. The Balaban J connectivity index is 2.74. The minimum absolute atomic E-state index is 0.0231. The van der Waals surface area contributed by atoms with Crippen LogP contribution in [0, 0.1) is 0 Å². The van der Waals surface area contributed by atoms with Crippen molar-refractivity contribution >= 4 is 16.5 Å². The van der Waals surface area contributed by atoms with Crippen LogP contribution in [0.1, 0.15) is 0 Å². The Morgan fingerprint density at radius 3 is 2.62 bits per heavy atom. The van der Waals surface area contributed by atoms with E-state index < -0.39 is 16.0 Å². The van der Waals surface area contributed by atoms with Crippen molar-refractivity contribution in [1.29, 1.82) is 0 Å². The quantitative estimate of drug-likeness (QED) is 0.444. The standard InChI is InChI=1S/C6H12N2O4S/c9-4-3-8(2-1-7-5-8)6-13(10,11)12/h5,9H,1-4,6H2/p+1. The molecular formula is C6H13N2O4S+. The molecule has 6 nitrogen and oxygen atoms in total. The van der Waals surface area contributed by atoms with E-state index in [-0.39, 0.29) is 17.6 Å². The maximum Gasteiger partial charge on any atom is 0.316 e. The van der Waals surface area contributed by atoms with E-state index in [1.165, 1.54) is 6.34 Å². The highest BCUT2D eigenvalue weighted by molar-refractivity contribution is 7.85. The van der Waals surface area contributed by atoms with E-state index in [4.69, 9.17) is 9.66 Å². The minimum atomic E-state index is -4.02. The monoisotopic (exact) mass is 209 g/mol. The van der Waals surface area contributed by atoms with Crippen molar-refractivity contribution in [1.82, 2.24) is 0 Å². The van der Waals surface area contributed by atoms with Crippen molar-refractivity contribution in [2.45, 2.75) is 0 Å². The molecule has 1 rings (SSSR count). The topological polar surface area (TPSA) is 87.0 Å². The van der Waals surface area contributed by atoms with Gasteiger partial charge in [-0.25, -0.2) is 4.99 Å². The molecule has 0 fully saturated rings. The van der Waals surface area contributed by atoms with Gasteiger partial charge in [-0.3, -0.25) is 9.04 Å². The van der Waals surface area contributed by atoms with Crippen LogP contribution in [0.4, 0.5) is 0 Å². The van der Waals surface area contributed by atoms with Crippen LogP contribution in [0.3, 0.4) is 0 Å². The molecule has 0 saturated heterocycles. The third-order valence-electron chi connectivity index (χ3n) is 1.97. The molecule has 0 amide bonds. The zero-order valence-electron chi connectivity index (χ0n) is 7.13. The van der Waals surface area contributed by atoms with E-state index >= 15 is 0 Å². The second-order valence-electron chi connectivity index (χ2n) is 3.12. The number of hydrogen-bond acceptors (Lipinski definition) is 4. The summed E-state index contributed by atoms with van der Waals surface area (Å²) in [6, 6.07) is 0. The zero-order chi connectivity index (χ0) is 9.95. The minimum Gasteiger partial charge on any atom is -0.390 e. The van der Waals surface area contributed by atoms with Gasteiger partial charge < -0.3 is 5.11 Å². The Hall–Kier alpha value is -0.500. The van der Waals surface area contributed by atoms with Gasteiger partial charge in [0.2, 0.25) is 5.88 Å². The summed E-state index contributed by atoms with van der Waals surface area (Å²) in [6.45, 7) is 1.20.